The van der Waals surface area contributed by atoms with Gasteiger partial charge in [0.05, 0.1) is 0 Å². The van der Waals surface area contributed by atoms with Crippen molar-refractivity contribution < 1.29 is 14.0 Å². The van der Waals surface area contributed by atoms with Crippen LogP contribution < -0.4 is 10.6 Å². The number of rotatable bonds is 4. The summed E-state index contributed by atoms with van der Waals surface area (Å²) in [6, 6.07) is 7.87. The number of alkyl halides is 2. The van der Waals surface area contributed by atoms with Gasteiger partial charge >= 0.3 is 0 Å². The summed E-state index contributed by atoms with van der Waals surface area (Å²) in [6.07, 6.45) is 0. The molecule has 0 aliphatic carbocycles. The summed E-state index contributed by atoms with van der Waals surface area (Å²) in [4.78, 5) is 22.5. The van der Waals surface area contributed by atoms with Crippen molar-refractivity contribution in [3.63, 3.8) is 0 Å². The van der Waals surface area contributed by atoms with E-state index in [-0.39, 0.29) is 0 Å². The van der Waals surface area contributed by atoms with Gasteiger partial charge in [0, 0.05) is 5.69 Å². The Kier molecular flexibility index (Phi) is 4.90. The second kappa shape index (κ2) is 6.20. The summed E-state index contributed by atoms with van der Waals surface area (Å²) in [5.41, 5.74) is -1.55. The molecule has 17 heavy (non-hydrogen) atoms. The van der Waals surface area contributed by atoms with Crippen molar-refractivity contribution in [2.24, 2.45) is 0 Å². The molecule has 1 aromatic rings. The second-order valence-corrected chi connectivity index (χ2v) is 3.77. The van der Waals surface area contributed by atoms with Crippen LogP contribution in [0.25, 0.3) is 0 Å². The quantitative estimate of drug-likeness (QED) is 0.807. The zero-order valence-corrected chi connectivity index (χ0v) is 9.87. The van der Waals surface area contributed by atoms with E-state index in [1.807, 2.05) is 6.07 Å². The van der Waals surface area contributed by atoms with E-state index >= 15 is 0 Å². The molecule has 2 N–H and O–H groups in total. The third-order valence-corrected chi connectivity index (χ3v) is 2.19. The Morgan fingerprint density at radius 2 is 1.82 bits per heavy atom. The first-order valence-electron chi connectivity index (χ1n) is 4.95. The van der Waals surface area contributed by atoms with E-state index in [1.54, 1.807) is 24.3 Å². The molecule has 0 saturated heterocycles. The minimum atomic E-state index is -2.15. The monoisotopic (exact) mass is 258 g/mol. The highest BCUT2D eigenvalue weighted by Gasteiger charge is 2.20. The van der Waals surface area contributed by atoms with Gasteiger partial charge in [-0.2, -0.15) is 0 Å². The van der Waals surface area contributed by atoms with Gasteiger partial charge in [0.2, 0.25) is 5.91 Å². The number of amides is 2. The summed E-state index contributed by atoms with van der Waals surface area (Å²) in [7, 11) is 0. The van der Waals surface area contributed by atoms with Gasteiger partial charge in [-0.3, -0.25) is 9.59 Å². The Labute approximate surface area is 103 Å². The van der Waals surface area contributed by atoms with Crippen LogP contribution in [0.15, 0.2) is 30.3 Å². The molecule has 2 amide bonds. The molecule has 0 radical (unpaired) electrons. The minimum absolute atomic E-state index is 0.443. The molecule has 0 saturated carbocycles. The summed E-state index contributed by atoms with van der Waals surface area (Å²) < 4.78 is 12.4. The first kappa shape index (κ1) is 13.4. The smallest absolute Gasteiger partial charge is 0.270 e. The Morgan fingerprint density at radius 1 is 1.24 bits per heavy atom. The molecule has 1 unspecified atom stereocenters. The van der Waals surface area contributed by atoms with Crippen molar-refractivity contribution in [1.29, 1.82) is 0 Å². The standard InChI is InChI=1S/C11H12ClFN2O2/c1-7(14-11(17)9(12)13)10(16)15-8-5-3-2-4-6-8/h2-7,9H,1H3,(H,14,17)(H,15,16)/t7-,9?/m0/s1. The van der Waals surface area contributed by atoms with Crippen LogP contribution in [0.4, 0.5) is 10.1 Å². The molecule has 6 heteroatoms. The molecule has 2 atom stereocenters. The molecule has 4 nitrogen and oxygen atoms in total. The molecule has 0 aromatic heterocycles. The Morgan fingerprint density at radius 3 is 2.35 bits per heavy atom. The Bertz CT molecular complexity index is 398. The van der Waals surface area contributed by atoms with Crippen LogP contribution >= 0.6 is 11.6 Å². The number of para-hydroxylation sites is 1. The highest BCUT2D eigenvalue weighted by molar-refractivity contribution is 6.29. The molecule has 1 aromatic carbocycles. The van der Waals surface area contributed by atoms with Gasteiger partial charge in [-0.25, -0.2) is 4.39 Å². The van der Waals surface area contributed by atoms with E-state index in [0.717, 1.165) is 0 Å². The fourth-order valence-electron chi connectivity index (χ4n) is 1.11. The molecule has 0 fully saturated rings. The van der Waals surface area contributed by atoms with Crippen LogP contribution in [0.5, 0.6) is 0 Å². The fraction of sp³-hybridized carbons (Fsp3) is 0.273. The summed E-state index contributed by atoms with van der Waals surface area (Å²) >= 11 is 4.93. The molecule has 1 rings (SSSR count). The van der Waals surface area contributed by atoms with Crippen molar-refractivity contribution in [2.75, 3.05) is 5.32 Å². The lowest BCUT2D eigenvalue weighted by Crippen LogP contribution is -2.43. The number of nitrogens with one attached hydrogen (secondary N) is 2. The van der Waals surface area contributed by atoms with Gasteiger partial charge in [-0.15, -0.1) is 0 Å². The van der Waals surface area contributed by atoms with Crippen molar-refractivity contribution >= 4 is 29.1 Å². The van der Waals surface area contributed by atoms with E-state index in [1.165, 1.54) is 6.92 Å². The highest BCUT2D eigenvalue weighted by atomic mass is 35.5. The Balaban J connectivity index is 2.51. The first-order chi connectivity index (χ1) is 8.00. The van der Waals surface area contributed by atoms with Crippen LogP contribution in [0.3, 0.4) is 0 Å². The molecular formula is C11H12ClFN2O2. The van der Waals surface area contributed by atoms with Crippen LogP contribution in [0, 0.1) is 0 Å². The van der Waals surface area contributed by atoms with Crippen LogP contribution in [0.1, 0.15) is 6.92 Å². The van der Waals surface area contributed by atoms with Gasteiger partial charge in [0.15, 0.2) is 0 Å². The van der Waals surface area contributed by atoms with Gasteiger partial charge in [0.1, 0.15) is 6.04 Å². The fourth-order valence-corrected chi connectivity index (χ4v) is 1.18. The number of benzene rings is 1. The van der Waals surface area contributed by atoms with Gasteiger partial charge < -0.3 is 10.6 Å². The molecule has 0 aliphatic heterocycles. The highest BCUT2D eigenvalue weighted by Crippen LogP contribution is 2.05. The summed E-state index contributed by atoms with van der Waals surface area (Å²) in [5, 5.41) is 4.71. The minimum Gasteiger partial charge on any atom is -0.341 e. The van der Waals surface area contributed by atoms with E-state index in [0.29, 0.717) is 5.69 Å². The predicted octanol–water partition coefficient (Wildman–Crippen LogP) is 1.66. The van der Waals surface area contributed by atoms with Crippen molar-refractivity contribution in [3.8, 4) is 0 Å². The molecule has 0 spiro atoms. The number of halogens is 2. The molecular weight excluding hydrogens is 247 g/mol. The maximum absolute atomic E-state index is 12.4. The van der Waals surface area contributed by atoms with Crippen molar-refractivity contribution in [3.05, 3.63) is 30.3 Å². The number of anilines is 1. The molecule has 0 heterocycles. The second-order valence-electron chi connectivity index (χ2n) is 3.39. The van der Waals surface area contributed by atoms with Crippen LogP contribution in [-0.2, 0) is 9.59 Å². The topological polar surface area (TPSA) is 58.2 Å². The number of hydrogen-bond acceptors (Lipinski definition) is 2. The maximum atomic E-state index is 12.4. The van der Waals surface area contributed by atoms with Crippen molar-refractivity contribution in [1.82, 2.24) is 5.32 Å². The molecule has 0 aliphatic rings. The van der Waals surface area contributed by atoms with E-state index in [2.05, 4.69) is 10.6 Å². The van der Waals surface area contributed by atoms with E-state index < -0.39 is 23.5 Å². The number of hydrogen-bond donors (Lipinski definition) is 2. The normalized spacial score (nSPS) is 13.6. The maximum Gasteiger partial charge on any atom is 0.270 e. The lowest BCUT2D eigenvalue weighted by Gasteiger charge is -2.13. The summed E-state index contributed by atoms with van der Waals surface area (Å²) in [5.74, 6) is -1.47. The SMILES string of the molecule is C[C@H](NC(=O)C(F)Cl)C(=O)Nc1ccccc1. The summed E-state index contributed by atoms with van der Waals surface area (Å²) in [6.45, 7) is 1.44. The third-order valence-electron chi connectivity index (χ3n) is 1.99. The van der Waals surface area contributed by atoms with Gasteiger partial charge in [-0.05, 0) is 19.1 Å². The zero-order chi connectivity index (χ0) is 12.8. The van der Waals surface area contributed by atoms with Gasteiger partial charge in [0.25, 0.3) is 11.5 Å². The van der Waals surface area contributed by atoms with E-state index in [9.17, 15) is 14.0 Å². The predicted molar refractivity (Wildman–Crippen MR) is 63.4 cm³/mol. The zero-order valence-electron chi connectivity index (χ0n) is 9.11. The van der Waals surface area contributed by atoms with Crippen LogP contribution in [0.2, 0.25) is 0 Å². The Hall–Kier alpha value is -1.62. The first-order valence-corrected chi connectivity index (χ1v) is 5.39. The van der Waals surface area contributed by atoms with Crippen LogP contribution in [-0.4, -0.2) is 23.5 Å². The third kappa shape index (κ3) is 4.40. The number of carbonyl (C=O) groups excluding carboxylic acids is 2. The average molecular weight is 259 g/mol. The van der Waals surface area contributed by atoms with E-state index in [4.69, 9.17) is 11.6 Å². The van der Waals surface area contributed by atoms with Crippen molar-refractivity contribution in [2.45, 2.75) is 18.6 Å². The number of carbonyl (C=O) groups is 2. The lowest BCUT2D eigenvalue weighted by molar-refractivity contribution is -0.127. The molecule has 0 bridgehead atoms. The van der Waals surface area contributed by atoms with Gasteiger partial charge in [-0.1, -0.05) is 29.8 Å². The lowest BCUT2D eigenvalue weighted by atomic mass is 10.2. The molecule has 92 valence electrons. The average Bonchev–Trinajstić information content (AvgIpc) is 2.29. The largest absolute Gasteiger partial charge is 0.341 e.